The van der Waals surface area contributed by atoms with Gasteiger partial charge in [-0.2, -0.15) is 0 Å². The standard InChI is InChI=1S/C24H26Cl2N2O4/c1-15(29)27-22(16-3-6-19(32-2)7-4-16)14-23(30)28-11-9-17(10-12-28)24(31)18-5-8-20(25)21(26)13-18/h3-8,13,17,22H,9-12,14H2,1-2H3,(H,27,29). The molecule has 32 heavy (non-hydrogen) atoms. The minimum absolute atomic E-state index is 0.0185. The van der Waals surface area contributed by atoms with Crippen molar-refractivity contribution >= 4 is 40.8 Å². The van der Waals surface area contributed by atoms with Gasteiger partial charge in [0.25, 0.3) is 0 Å². The van der Waals surface area contributed by atoms with Crippen LogP contribution in [-0.4, -0.2) is 42.7 Å². The number of rotatable bonds is 7. The van der Waals surface area contributed by atoms with Crippen molar-refractivity contribution in [1.82, 2.24) is 10.2 Å². The van der Waals surface area contributed by atoms with Crippen LogP contribution in [0.2, 0.25) is 10.0 Å². The van der Waals surface area contributed by atoms with Gasteiger partial charge in [0.2, 0.25) is 11.8 Å². The minimum atomic E-state index is -0.429. The molecule has 1 atom stereocenters. The third kappa shape index (κ3) is 6.02. The summed E-state index contributed by atoms with van der Waals surface area (Å²) in [6, 6.07) is 11.8. The average Bonchev–Trinajstić information content (AvgIpc) is 2.79. The summed E-state index contributed by atoms with van der Waals surface area (Å²) >= 11 is 12.0. The molecule has 1 fully saturated rings. The van der Waals surface area contributed by atoms with E-state index in [1.807, 2.05) is 12.1 Å². The van der Waals surface area contributed by atoms with Crippen molar-refractivity contribution in [1.29, 1.82) is 0 Å². The Hall–Kier alpha value is -2.57. The number of carbonyl (C=O) groups is 3. The van der Waals surface area contributed by atoms with Gasteiger partial charge in [-0.15, -0.1) is 0 Å². The minimum Gasteiger partial charge on any atom is -0.497 e. The van der Waals surface area contributed by atoms with Crippen molar-refractivity contribution < 1.29 is 19.1 Å². The van der Waals surface area contributed by atoms with Gasteiger partial charge in [0, 0.05) is 31.5 Å². The lowest BCUT2D eigenvalue weighted by atomic mass is 9.88. The number of halogens is 2. The molecule has 0 aromatic heterocycles. The van der Waals surface area contributed by atoms with E-state index in [9.17, 15) is 14.4 Å². The highest BCUT2D eigenvalue weighted by molar-refractivity contribution is 6.42. The highest BCUT2D eigenvalue weighted by Crippen LogP contribution is 2.28. The maximum absolute atomic E-state index is 12.9. The SMILES string of the molecule is COc1ccc(C(CC(=O)N2CCC(C(=O)c3ccc(Cl)c(Cl)c3)CC2)NC(C)=O)cc1. The summed E-state index contributed by atoms with van der Waals surface area (Å²) in [5, 5.41) is 3.62. The van der Waals surface area contributed by atoms with Crippen molar-refractivity contribution in [2.24, 2.45) is 5.92 Å². The first kappa shape index (κ1) is 24.1. The fraction of sp³-hybridized carbons (Fsp3) is 0.375. The molecular formula is C24H26Cl2N2O4. The molecule has 2 aromatic carbocycles. The Morgan fingerprint density at radius 1 is 1.06 bits per heavy atom. The van der Waals surface area contributed by atoms with Crippen molar-refractivity contribution in [3.8, 4) is 5.75 Å². The van der Waals surface area contributed by atoms with Crippen LogP contribution < -0.4 is 10.1 Å². The maximum Gasteiger partial charge on any atom is 0.224 e. The molecule has 1 heterocycles. The first-order chi connectivity index (χ1) is 15.3. The summed E-state index contributed by atoms with van der Waals surface area (Å²) in [7, 11) is 1.58. The van der Waals surface area contributed by atoms with E-state index in [0.29, 0.717) is 47.3 Å². The quantitative estimate of drug-likeness (QED) is 0.588. The lowest BCUT2D eigenvalue weighted by Gasteiger charge is -2.32. The van der Waals surface area contributed by atoms with Crippen LogP contribution in [0.4, 0.5) is 0 Å². The van der Waals surface area contributed by atoms with Crippen molar-refractivity contribution in [2.45, 2.75) is 32.2 Å². The maximum atomic E-state index is 12.9. The molecule has 8 heteroatoms. The topological polar surface area (TPSA) is 75.7 Å². The molecule has 3 rings (SSSR count). The molecule has 2 amide bonds. The van der Waals surface area contributed by atoms with Crippen LogP contribution in [-0.2, 0) is 9.59 Å². The molecule has 0 saturated carbocycles. The first-order valence-electron chi connectivity index (χ1n) is 10.5. The highest BCUT2D eigenvalue weighted by Gasteiger charge is 2.29. The summed E-state index contributed by atoms with van der Waals surface area (Å²) in [4.78, 5) is 39.2. The van der Waals surface area contributed by atoms with Gasteiger partial charge < -0.3 is 15.0 Å². The number of ketones is 1. The molecule has 1 saturated heterocycles. The van der Waals surface area contributed by atoms with E-state index in [1.54, 1.807) is 42.3 Å². The Balaban J connectivity index is 1.60. The largest absolute Gasteiger partial charge is 0.497 e. The molecule has 2 aromatic rings. The molecule has 6 nitrogen and oxygen atoms in total. The van der Waals surface area contributed by atoms with Gasteiger partial charge in [0.15, 0.2) is 5.78 Å². The molecule has 0 aliphatic carbocycles. The summed E-state index contributed by atoms with van der Waals surface area (Å²) in [6.45, 7) is 2.42. The van der Waals surface area contributed by atoms with Crippen LogP contribution in [0, 0.1) is 5.92 Å². The number of amides is 2. The third-order valence-electron chi connectivity index (χ3n) is 5.70. The van der Waals surface area contributed by atoms with Crippen LogP contribution >= 0.6 is 23.2 Å². The summed E-state index contributed by atoms with van der Waals surface area (Å²) in [5.74, 6) is 0.300. The molecule has 1 N–H and O–H groups in total. The Morgan fingerprint density at radius 3 is 2.28 bits per heavy atom. The fourth-order valence-electron chi connectivity index (χ4n) is 3.91. The molecular weight excluding hydrogens is 451 g/mol. The van der Waals surface area contributed by atoms with Crippen LogP contribution in [0.5, 0.6) is 5.75 Å². The predicted molar refractivity (Wildman–Crippen MR) is 124 cm³/mol. The van der Waals surface area contributed by atoms with Gasteiger partial charge in [-0.3, -0.25) is 14.4 Å². The number of nitrogens with one attached hydrogen (secondary N) is 1. The van der Waals surface area contributed by atoms with Gasteiger partial charge in [-0.25, -0.2) is 0 Å². The molecule has 1 aliphatic rings. The van der Waals surface area contributed by atoms with Crippen molar-refractivity contribution in [3.63, 3.8) is 0 Å². The van der Waals surface area contributed by atoms with Gasteiger partial charge in [0.05, 0.1) is 29.6 Å². The van der Waals surface area contributed by atoms with Crippen molar-refractivity contribution in [2.75, 3.05) is 20.2 Å². The average molecular weight is 477 g/mol. The van der Waals surface area contributed by atoms with E-state index >= 15 is 0 Å². The van der Waals surface area contributed by atoms with E-state index in [2.05, 4.69) is 5.32 Å². The second-order valence-electron chi connectivity index (χ2n) is 7.88. The number of piperidine rings is 1. The van der Waals surface area contributed by atoms with Crippen molar-refractivity contribution in [3.05, 3.63) is 63.6 Å². The monoisotopic (exact) mass is 476 g/mol. The lowest BCUT2D eigenvalue weighted by Crippen LogP contribution is -2.42. The first-order valence-corrected chi connectivity index (χ1v) is 11.2. The third-order valence-corrected chi connectivity index (χ3v) is 6.44. The zero-order valence-electron chi connectivity index (χ0n) is 18.1. The molecule has 1 unspecified atom stereocenters. The van der Waals surface area contributed by atoms with Gasteiger partial charge in [-0.05, 0) is 48.7 Å². The number of benzene rings is 2. The van der Waals surface area contributed by atoms with E-state index in [0.717, 1.165) is 5.56 Å². The Bertz CT molecular complexity index is 986. The second kappa shape index (κ2) is 10.8. The number of carbonyl (C=O) groups excluding carboxylic acids is 3. The summed E-state index contributed by atoms with van der Waals surface area (Å²) in [6.07, 6.45) is 1.31. The molecule has 0 spiro atoms. The Kier molecular flexibility index (Phi) is 8.15. The predicted octanol–water partition coefficient (Wildman–Crippen LogP) is 4.69. The smallest absolute Gasteiger partial charge is 0.224 e. The zero-order valence-corrected chi connectivity index (χ0v) is 19.6. The number of hydrogen-bond acceptors (Lipinski definition) is 4. The van der Waals surface area contributed by atoms with Gasteiger partial charge in [-0.1, -0.05) is 35.3 Å². The molecule has 0 radical (unpaired) electrons. The number of nitrogens with zero attached hydrogens (tertiary/aromatic N) is 1. The van der Waals surface area contributed by atoms with E-state index in [4.69, 9.17) is 27.9 Å². The molecule has 170 valence electrons. The second-order valence-corrected chi connectivity index (χ2v) is 8.69. The highest BCUT2D eigenvalue weighted by atomic mass is 35.5. The Morgan fingerprint density at radius 2 is 1.72 bits per heavy atom. The van der Waals surface area contributed by atoms with Crippen LogP contribution in [0.3, 0.4) is 0 Å². The van der Waals surface area contributed by atoms with Gasteiger partial charge >= 0.3 is 0 Å². The molecule has 0 bridgehead atoms. The van der Waals surface area contributed by atoms with E-state index in [-0.39, 0.29) is 29.9 Å². The van der Waals surface area contributed by atoms with Crippen LogP contribution in [0.25, 0.3) is 0 Å². The fourth-order valence-corrected chi connectivity index (χ4v) is 4.21. The normalized spacial score (nSPS) is 15.2. The summed E-state index contributed by atoms with van der Waals surface area (Å²) < 4.78 is 5.18. The number of hydrogen-bond donors (Lipinski definition) is 1. The number of ether oxygens (including phenoxy) is 1. The van der Waals surface area contributed by atoms with Gasteiger partial charge in [0.1, 0.15) is 5.75 Å². The summed E-state index contributed by atoms with van der Waals surface area (Å²) in [5.41, 5.74) is 1.37. The van der Waals surface area contributed by atoms with Crippen LogP contribution in [0.15, 0.2) is 42.5 Å². The lowest BCUT2D eigenvalue weighted by molar-refractivity contribution is -0.133. The van der Waals surface area contributed by atoms with Crippen LogP contribution in [0.1, 0.15) is 48.1 Å². The molecule has 1 aliphatic heterocycles. The number of methoxy groups -OCH3 is 1. The number of likely N-dealkylation sites (tertiary alicyclic amines) is 1. The van der Waals surface area contributed by atoms with E-state index < -0.39 is 6.04 Å². The zero-order chi connectivity index (χ0) is 23.3. The Labute approximate surface area is 197 Å². The van der Waals surface area contributed by atoms with E-state index in [1.165, 1.54) is 6.92 Å². The number of Topliss-reactive ketones (excluding diaryl/α,β-unsaturated/α-hetero) is 1.